The molecule has 0 amide bonds. The predicted octanol–water partition coefficient (Wildman–Crippen LogP) is 3.67. The van der Waals surface area contributed by atoms with E-state index in [0.29, 0.717) is 0 Å². The summed E-state index contributed by atoms with van der Waals surface area (Å²) >= 11 is 0. The number of aromatic hydroxyl groups is 1. The Morgan fingerprint density at radius 3 is 2.58 bits per heavy atom. The number of hydrogen-bond donors (Lipinski definition) is 1. The largest absolute Gasteiger partial charge is 0.500 e. The summed E-state index contributed by atoms with van der Waals surface area (Å²) in [5, 5.41) is 41.3. The number of hydrogen-bond acceptors (Lipinski definition) is 7. The molecule has 0 aliphatic rings. The zero-order chi connectivity index (χ0) is 19.3. The summed E-state index contributed by atoms with van der Waals surface area (Å²) < 4.78 is 5.18. The highest BCUT2D eigenvalue weighted by Gasteiger charge is 2.20. The van der Waals surface area contributed by atoms with Gasteiger partial charge in [0.15, 0.2) is 5.75 Å². The Morgan fingerprint density at radius 2 is 2.00 bits per heavy atom. The van der Waals surface area contributed by atoms with Crippen molar-refractivity contribution in [2.24, 2.45) is 0 Å². The Balaban J connectivity index is 2.59. The molecule has 0 unspecified atom stereocenters. The number of phenols is 1. The number of nitrogens with zero attached hydrogens (tertiary/aromatic N) is 3. The van der Waals surface area contributed by atoms with Crippen LogP contribution >= 0.6 is 0 Å². The molecule has 0 aliphatic carbocycles. The van der Waals surface area contributed by atoms with Crippen molar-refractivity contribution in [1.29, 1.82) is 5.26 Å². The molecule has 0 spiro atoms. The van der Waals surface area contributed by atoms with Crippen molar-refractivity contribution >= 4 is 23.0 Å². The lowest BCUT2D eigenvalue weighted by Crippen LogP contribution is -1.96. The van der Waals surface area contributed by atoms with Crippen LogP contribution in [0.25, 0.3) is 11.6 Å². The smallest absolute Gasteiger partial charge is 0.315 e. The van der Waals surface area contributed by atoms with E-state index in [-0.39, 0.29) is 34.7 Å². The third kappa shape index (κ3) is 3.93. The lowest BCUT2D eigenvalue weighted by atomic mass is 10.0. The third-order valence-corrected chi connectivity index (χ3v) is 3.37. The summed E-state index contributed by atoms with van der Waals surface area (Å²) in [5.41, 5.74) is -0.165. The Hall–Kier alpha value is -3.93. The van der Waals surface area contributed by atoms with Gasteiger partial charge in [0.05, 0.1) is 28.1 Å². The molecule has 0 fully saturated rings. The van der Waals surface area contributed by atoms with E-state index in [9.17, 15) is 30.6 Å². The summed E-state index contributed by atoms with van der Waals surface area (Å²) in [6.45, 7) is 1.82. The van der Waals surface area contributed by atoms with E-state index in [4.69, 9.17) is 4.74 Å². The summed E-state index contributed by atoms with van der Waals surface area (Å²) in [6, 6.07) is 9.82. The van der Waals surface area contributed by atoms with Gasteiger partial charge in [-0.05, 0) is 30.2 Å². The quantitative estimate of drug-likeness (QED) is 0.361. The number of benzene rings is 2. The minimum Gasteiger partial charge on any atom is -0.500 e. The minimum atomic E-state index is -0.769. The predicted molar refractivity (Wildman–Crippen MR) is 92.5 cm³/mol. The first-order chi connectivity index (χ1) is 12.4. The molecule has 0 aliphatic heterocycles. The Morgan fingerprint density at radius 1 is 1.27 bits per heavy atom. The summed E-state index contributed by atoms with van der Waals surface area (Å²) in [7, 11) is 0. The number of nitro groups is 2. The van der Waals surface area contributed by atoms with Crippen molar-refractivity contribution in [3.05, 3.63) is 67.8 Å². The molecule has 9 heteroatoms. The average molecular weight is 355 g/mol. The van der Waals surface area contributed by atoms with E-state index >= 15 is 0 Å². The summed E-state index contributed by atoms with van der Waals surface area (Å²) in [5.74, 6) is -0.702. The maximum Gasteiger partial charge on any atom is 0.315 e. The molecule has 2 aromatic carbocycles. The molecule has 0 atom stereocenters. The van der Waals surface area contributed by atoms with Crippen molar-refractivity contribution in [2.45, 2.75) is 6.92 Å². The highest BCUT2D eigenvalue weighted by molar-refractivity contribution is 5.90. The van der Waals surface area contributed by atoms with Crippen LogP contribution in [0.1, 0.15) is 18.1 Å². The molecule has 26 heavy (non-hydrogen) atoms. The fraction of sp³-hybridized carbons (Fsp3) is 0.118. The number of non-ortho nitro benzene ring substituents is 1. The van der Waals surface area contributed by atoms with Gasteiger partial charge in [-0.3, -0.25) is 20.2 Å². The number of ether oxygens (including phenoxy) is 1. The van der Waals surface area contributed by atoms with Crippen LogP contribution in [0.3, 0.4) is 0 Å². The zero-order valence-corrected chi connectivity index (χ0v) is 13.6. The summed E-state index contributed by atoms with van der Waals surface area (Å²) in [6.07, 6.45) is 1.33. The lowest BCUT2D eigenvalue weighted by Gasteiger charge is -2.08. The number of nitriles is 1. The van der Waals surface area contributed by atoms with Crippen molar-refractivity contribution in [1.82, 2.24) is 0 Å². The second-order valence-electron chi connectivity index (χ2n) is 5.05. The van der Waals surface area contributed by atoms with Gasteiger partial charge in [0.2, 0.25) is 5.75 Å². The first-order valence-corrected chi connectivity index (χ1v) is 7.38. The number of nitro benzene ring substituents is 2. The van der Waals surface area contributed by atoms with Gasteiger partial charge in [-0.1, -0.05) is 12.1 Å². The standard InChI is InChI=1S/C17H13N3O6/c1-2-26-16-8-11(7-15(17(16)21)20(24)25)6-13(10-18)12-4-3-5-14(9-12)19(22)23/h3-9,21H,2H2,1H3/b13-6-. The van der Waals surface area contributed by atoms with E-state index in [1.54, 1.807) is 6.92 Å². The molecule has 0 radical (unpaired) electrons. The van der Waals surface area contributed by atoms with Crippen molar-refractivity contribution in [3.8, 4) is 17.6 Å². The van der Waals surface area contributed by atoms with Gasteiger partial charge < -0.3 is 9.84 Å². The molecular formula is C17H13N3O6. The lowest BCUT2D eigenvalue weighted by molar-refractivity contribution is -0.386. The van der Waals surface area contributed by atoms with Gasteiger partial charge in [0.1, 0.15) is 0 Å². The minimum absolute atomic E-state index is 0.0659. The van der Waals surface area contributed by atoms with E-state index in [2.05, 4.69) is 0 Å². The van der Waals surface area contributed by atoms with Crippen LogP contribution in [0.2, 0.25) is 0 Å². The molecule has 9 nitrogen and oxygen atoms in total. The van der Waals surface area contributed by atoms with Gasteiger partial charge >= 0.3 is 5.69 Å². The van der Waals surface area contributed by atoms with Crippen LogP contribution in [-0.2, 0) is 0 Å². The van der Waals surface area contributed by atoms with Gasteiger partial charge in [0.25, 0.3) is 5.69 Å². The molecule has 2 rings (SSSR count). The van der Waals surface area contributed by atoms with Crippen LogP contribution in [0.5, 0.6) is 11.5 Å². The van der Waals surface area contributed by atoms with Gasteiger partial charge in [0, 0.05) is 18.2 Å². The van der Waals surface area contributed by atoms with E-state index < -0.39 is 21.3 Å². The van der Waals surface area contributed by atoms with Crippen LogP contribution in [0, 0.1) is 31.6 Å². The first-order valence-electron chi connectivity index (χ1n) is 7.38. The molecule has 2 aromatic rings. The van der Waals surface area contributed by atoms with Gasteiger partial charge in [-0.25, -0.2) is 0 Å². The topological polar surface area (TPSA) is 140 Å². The molecule has 0 bridgehead atoms. The van der Waals surface area contributed by atoms with Gasteiger partial charge in [-0.15, -0.1) is 0 Å². The third-order valence-electron chi connectivity index (χ3n) is 3.37. The van der Waals surface area contributed by atoms with E-state index in [1.165, 1.54) is 36.4 Å². The summed E-state index contributed by atoms with van der Waals surface area (Å²) in [4.78, 5) is 20.6. The second kappa shape index (κ2) is 7.76. The molecule has 132 valence electrons. The Labute approximate surface area is 147 Å². The molecule has 0 saturated carbocycles. The Bertz CT molecular complexity index is 946. The maximum absolute atomic E-state index is 11.1. The fourth-order valence-corrected chi connectivity index (χ4v) is 2.24. The van der Waals surface area contributed by atoms with Crippen LogP contribution in [0.4, 0.5) is 11.4 Å². The monoisotopic (exact) mass is 355 g/mol. The highest BCUT2D eigenvalue weighted by Crippen LogP contribution is 2.38. The molecule has 1 N–H and O–H groups in total. The normalized spacial score (nSPS) is 10.8. The second-order valence-corrected chi connectivity index (χ2v) is 5.05. The van der Waals surface area contributed by atoms with Gasteiger partial charge in [-0.2, -0.15) is 5.26 Å². The van der Waals surface area contributed by atoms with Crippen molar-refractivity contribution in [2.75, 3.05) is 6.61 Å². The Kier molecular flexibility index (Phi) is 5.49. The molecular weight excluding hydrogens is 342 g/mol. The first kappa shape index (κ1) is 18.4. The van der Waals surface area contributed by atoms with Crippen molar-refractivity contribution < 1.29 is 19.7 Å². The molecule has 0 aromatic heterocycles. The zero-order valence-electron chi connectivity index (χ0n) is 13.6. The molecule has 0 heterocycles. The van der Waals surface area contributed by atoms with Crippen LogP contribution < -0.4 is 4.74 Å². The molecule has 0 saturated heterocycles. The fourth-order valence-electron chi connectivity index (χ4n) is 2.24. The van der Waals surface area contributed by atoms with E-state index in [0.717, 1.165) is 6.07 Å². The van der Waals surface area contributed by atoms with E-state index in [1.807, 2.05) is 6.07 Å². The van der Waals surface area contributed by atoms with Crippen LogP contribution in [0.15, 0.2) is 36.4 Å². The van der Waals surface area contributed by atoms with Crippen LogP contribution in [-0.4, -0.2) is 21.6 Å². The number of rotatable bonds is 6. The van der Waals surface area contributed by atoms with Crippen molar-refractivity contribution in [3.63, 3.8) is 0 Å². The highest BCUT2D eigenvalue weighted by atomic mass is 16.6. The number of allylic oxidation sites excluding steroid dienone is 1. The SMILES string of the molecule is CCOc1cc(/C=C(/C#N)c2cccc([N+](=O)[O-])c2)cc([N+](=O)[O-])c1O. The maximum atomic E-state index is 11.1. The average Bonchev–Trinajstić information content (AvgIpc) is 2.62. The number of phenolic OH excluding ortho intramolecular Hbond substituents is 1.